The van der Waals surface area contributed by atoms with Crippen LogP contribution in [0.4, 0.5) is 5.69 Å². The third-order valence-corrected chi connectivity index (χ3v) is 5.01. The first-order valence-corrected chi connectivity index (χ1v) is 9.63. The molecule has 1 N–H and O–H groups in total. The molecular weight excluding hydrogens is 368 g/mol. The van der Waals surface area contributed by atoms with Gasteiger partial charge in [-0.2, -0.15) is 0 Å². The molecule has 1 saturated heterocycles. The van der Waals surface area contributed by atoms with Gasteiger partial charge in [-0.3, -0.25) is 19.7 Å². The number of benzene rings is 1. The Kier molecular flexibility index (Phi) is 5.12. The number of nitrogens with one attached hydrogen (secondary N) is 1. The molecule has 7 nitrogen and oxygen atoms in total. The van der Waals surface area contributed by atoms with Crippen molar-refractivity contribution in [2.24, 2.45) is 4.99 Å². The molecule has 7 heteroatoms. The van der Waals surface area contributed by atoms with Crippen molar-refractivity contribution < 1.29 is 14.3 Å². The maximum atomic E-state index is 13.4. The van der Waals surface area contributed by atoms with Gasteiger partial charge in [0.25, 0.3) is 5.91 Å². The highest BCUT2D eigenvalue weighted by Gasteiger charge is 2.45. The zero-order valence-corrected chi connectivity index (χ0v) is 16.4. The number of allylic oxidation sites excluding steroid dienone is 1. The van der Waals surface area contributed by atoms with Crippen molar-refractivity contribution in [3.05, 3.63) is 71.2 Å². The topological polar surface area (TPSA) is 83.9 Å². The number of esters is 1. The van der Waals surface area contributed by atoms with E-state index in [9.17, 15) is 9.59 Å². The molecule has 1 unspecified atom stereocenters. The Morgan fingerprint density at radius 2 is 2.03 bits per heavy atom. The fraction of sp³-hybridized carbons (Fsp3) is 0.273. The van der Waals surface area contributed by atoms with Crippen molar-refractivity contribution in [3.63, 3.8) is 0 Å². The van der Waals surface area contributed by atoms with Crippen LogP contribution in [0.5, 0.6) is 0 Å². The molecule has 2 aliphatic heterocycles. The highest BCUT2D eigenvalue weighted by atomic mass is 16.5. The van der Waals surface area contributed by atoms with Crippen LogP contribution >= 0.6 is 0 Å². The summed E-state index contributed by atoms with van der Waals surface area (Å²) in [6, 6.07) is 12.1. The van der Waals surface area contributed by atoms with Gasteiger partial charge in [0.15, 0.2) is 0 Å². The summed E-state index contributed by atoms with van der Waals surface area (Å²) in [5, 5.41) is 3.34. The molecule has 1 aromatic heterocycles. The number of hydrogen-bond donors (Lipinski definition) is 1. The Balaban J connectivity index is 1.81. The summed E-state index contributed by atoms with van der Waals surface area (Å²) in [6.45, 7) is 5.27. The monoisotopic (exact) mass is 390 g/mol. The quantitative estimate of drug-likeness (QED) is 0.812. The molecule has 0 radical (unpaired) electrons. The van der Waals surface area contributed by atoms with Crippen molar-refractivity contribution >= 4 is 23.3 Å². The van der Waals surface area contributed by atoms with Gasteiger partial charge in [-0.25, -0.2) is 4.79 Å². The zero-order chi connectivity index (χ0) is 20.4. The molecule has 148 valence electrons. The Morgan fingerprint density at radius 1 is 1.24 bits per heavy atom. The number of amides is 1. The lowest BCUT2D eigenvalue weighted by molar-refractivity contribution is -0.112. The SMILES string of the molecule is CCOC(=O)c1ccc(N2C(=O)C3=NCCNC(C)=C3C2c2ccccn2)cc1. The summed E-state index contributed by atoms with van der Waals surface area (Å²) in [7, 11) is 0. The van der Waals surface area contributed by atoms with Crippen molar-refractivity contribution in [2.75, 3.05) is 24.6 Å². The molecule has 1 fully saturated rings. The van der Waals surface area contributed by atoms with Gasteiger partial charge in [0.05, 0.1) is 24.4 Å². The van der Waals surface area contributed by atoms with Gasteiger partial charge in [0.2, 0.25) is 0 Å². The van der Waals surface area contributed by atoms with Crippen LogP contribution in [0.25, 0.3) is 0 Å². The van der Waals surface area contributed by atoms with Gasteiger partial charge in [-0.1, -0.05) is 6.07 Å². The molecule has 0 saturated carbocycles. The van der Waals surface area contributed by atoms with E-state index < -0.39 is 0 Å². The van der Waals surface area contributed by atoms with Crippen LogP contribution in [0, 0.1) is 0 Å². The third kappa shape index (κ3) is 3.40. The van der Waals surface area contributed by atoms with Crippen molar-refractivity contribution in [1.82, 2.24) is 10.3 Å². The largest absolute Gasteiger partial charge is 0.462 e. The maximum absolute atomic E-state index is 13.4. The lowest BCUT2D eigenvalue weighted by atomic mass is 10.0. The minimum absolute atomic E-state index is 0.164. The summed E-state index contributed by atoms with van der Waals surface area (Å²) in [4.78, 5) is 36.1. The van der Waals surface area contributed by atoms with Crippen LogP contribution < -0.4 is 10.2 Å². The van der Waals surface area contributed by atoms with Crippen molar-refractivity contribution in [3.8, 4) is 0 Å². The average Bonchev–Trinajstić information content (AvgIpc) is 2.90. The Morgan fingerprint density at radius 3 is 2.72 bits per heavy atom. The Labute approximate surface area is 169 Å². The number of aromatic nitrogens is 1. The molecule has 3 heterocycles. The van der Waals surface area contributed by atoms with Gasteiger partial charge in [-0.15, -0.1) is 0 Å². The highest BCUT2D eigenvalue weighted by molar-refractivity contribution is 6.53. The van der Waals surface area contributed by atoms with Crippen LogP contribution in [-0.4, -0.2) is 42.3 Å². The van der Waals surface area contributed by atoms with E-state index in [0.717, 1.165) is 17.0 Å². The fourth-order valence-electron chi connectivity index (χ4n) is 3.70. The summed E-state index contributed by atoms with van der Waals surface area (Å²) < 4.78 is 5.05. The molecule has 1 amide bonds. The second-order valence-electron chi connectivity index (χ2n) is 6.80. The molecule has 0 spiro atoms. The number of hydrogen-bond acceptors (Lipinski definition) is 6. The molecule has 2 aliphatic rings. The van der Waals surface area contributed by atoms with E-state index in [1.165, 1.54) is 0 Å². The highest BCUT2D eigenvalue weighted by Crippen LogP contribution is 2.40. The number of ether oxygens (including phenoxy) is 1. The lowest BCUT2D eigenvalue weighted by Crippen LogP contribution is -2.30. The van der Waals surface area contributed by atoms with Gasteiger partial charge in [0, 0.05) is 29.7 Å². The zero-order valence-electron chi connectivity index (χ0n) is 16.4. The number of carbonyl (C=O) groups excluding carboxylic acids is 2. The van der Waals surface area contributed by atoms with E-state index in [4.69, 9.17) is 4.74 Å². The minimum Gasteiger partial charge on any atom is -0.462 e. The van der Waals surface area contributed by atoms with Crippen LogP contribution in [0.1, 0.15) is 35.9 Å². The van der Waals surface area contributed by atoms with Crippen molar-refractivity contribution in [1.29, 1.82) is 0 Å². The molecule has 1 aromatic carbocycles. The molecule has 29 heavy (non-hydrogen) atoms. The third-order valence-electron chi connectivity index (χ3n) is 5.01. The van der Waals surface area contributed by atoms with Crippen molar-refractivity contribution in [2.45, 2.75) is 19.9 Å². The normalized spacial score (nSPS) is 18.7. The molecule has 1 atom stereocenters. The number of nitrogens with zero attached hydrogens (tertiary/aromatic N) is 3. The smallest absolute Gasteiger partial charge is 0.338 e. The Bertz CT molecular complexity index is 996. The summed E-state index contributed by atoms with van der Waals surface area (Å²) >= 11 is 0. The van der Waals surface area contributed by atoms with Crippen LogP contribution in [-0.2, 0) is 9.53 Å². The standard InChI is InChI=1S/C22H22N4O3/c1-3-29-22(28)15-7-9-16(10-8-15)26-20(17-6-4-5-11-24-17)18-14(2)23-12-13-25-19(18)21(26)27/h4-11,20,23H,3,12-13H2,1-2H3. The molecule has 0 bridgehead atoms. The van der Waals surface area contributed by atoms with Crippen LogP contribution in [0.3, 0.4) is 0 Å². The van der Waals surface area contributed by atoms with E-state index in [-0.39, 0.29) is 17.9 Å². The van der Waals surface area contributed by atoms with E-state index >= 15 is 0 Å². The summed E-state index contributed by atoms with van der Waals surface area (Å²) in [6.07, 6.45) is 1.72. The second-order valence-corrected chi connectivity index (χ2v) is 6.80. The molecule has 2 aromatic rings. The maximum Gasteiger partial charge on any atom is 0.338 e. The van der Waals surface area contributed by atoms with E-state index in [2.05, 4.69) is 15.3 Å². The predicted molar refractivity (Wildman–Crippen MR) is 110 cm³/mol. The Hall–Kier alpha value is -3.48. The number of anilines is 1. The molecular formula is C22H22N4O3. The molecule has 4 rings (SSSR count). The first-order valence-electron chi connectivity index (χ1n) is 9.63. The van der Waals surface area contributed by atoms with Crippen LogP contribution in [0.2, 0.25) is 0 Å². The summed E-state index contributed by atoms with van der Waals surface area (Å²) in [5.41, 5.74) is 4.13. The first kappa shape index (κ1) is 18.9. The predicted octanol–water partition coefficient (Wildman–Crippen LogP) is 2.66. The van der Waals surface area contributed by atoms with Gasteiger partial charge in [0.1, 0.15) is 11.8 Å². The summed E-state index contributed by atoms with van der Waals surface area (Å²) in [5.74, 6) is -0.548. The van der Waals surface area contributed by atoms with Gasteiger partial charge >= 0.3 is 5.97 Å². The van der Waals surface area contributed by atoms with Gasteiger partial charge < -0.3 is 10.1 Å². The fourth-order valence-corrected chi connectivity index (χ4v) is 3.70. The van der Waals surface area contributed by atoms with Crippen LogP contribution in [0.15, 0.2) is 64.9 Å². The minimum atomic E-state index is -0.388. The van der Waals surface area contributed by atoms with Gasteiger partial charge in [-0.05, 0) is 50.2 Å². The second kappa shape index (κ2) is 7.87. The average molecular weight is 390 g/mol. The van der Waals surface area contributed by atoms with E-state index in [1.807, 2.05) is 25.1 Å². The number of fused-ring (bicyclic) bond motifs is 1. The van der Waals surface area contributed by atoms with E-state index in [1.54, 1.807) is 42.3 Å². The molecule has 0 aliphatic carbocycles. The lowest BCUT2D eigenvalue weighted by Gasteiger charge is -2.25. The first-order chi connectivity index (χ1) is 14.1. The number of aliphatic imine (C=N–C) groups is 1. The number of pyridine rings is 1. The van der Waals surface area contributed by atoms with E-state index in [0.29, 0.717) is 36.7 Å². The number of rotatable bonds is 4. The number of carbonyl (C=O) groups is 2.